The van der Waals surface area contributed by atoms with Gasteiger partial charge < -0.3 is 9.47 Å². The van der Waals surface area contributed by atoms with Crippen molar-refractivity contribution in [1.82, 2.24) is 0 Å². The van der Waals surface area contributed by atoms with Crippen LogP contribution in [0.3, 0.4) is 0 Å². The predicted octanol–water partition coefficient (Wildman–Crippen LogP) is 3.39. The number of halogens is 3. The standard InChI is InChI=1S/C13H14F3NO2/c1-8(2)10-7-18-12(17-10)9-5-3-4-6-11(9)19-13(14,15)16/h3-6,8,10H,7H2,1-2H3/t10-/m0/s1. The molecule has 0 amide bonds. The largest absolute Gasteiger partial charge is 0.573 e. The van der Waals surface area contributed by atoms with Crippen LogP contribution in [-0.4, -0.2) is 24.9 Å². The molecule has 0 N–H and O–H groups in total. The third-order valence-electron chi connectivity index (χ3n) is 2.79. The van der Waals surface area contributed by atoms with Gasteiger partial charge in [0.25, 0.3) is 0 Å². The fourth-order valence-corrected chi connectivity index (χ4v) is 1.74. The van der Waals surface area contributed by atoms with Gasteiger partial charge >= 0.3 is 6.36 Å². The molecule has 2 rings (SSSR count). The summed E-state index contributed by atoms with van der Waals surface area (Å²) in [5, 5.41) is 0. The van der Waals surface area contributed by atoms with Crippen molar-refractivity contribution in [2.24, 2.45) is 10.9 Å². The average molecular weight is 273 g/mol. The van der Waals surface area contributed by atoms with Crippen molar-refractivity contribution in [3.8, 4) is 5.75 Å². The first-order chi connectivity index (χ1) is 8.87. The van der Waals surface area contributed by atoms with E-state index in [1.807, 2.05) is 13.8 Å². The average Bonchev–Trinajstić information content (AvgIpc) is 2.76. The van der Waals surface area contributed by atoms with E-state index in [1.165, 1.54) is 18.2 Å². The van der Waals surface area contributed by atoms with Crippen molar-refractivity contribution in [3.63, 3.8) is 0 Å². The van der Waals surface area contributed by atoms with Crippen molar-refractivity contribution < 1.29 is 22.6 Å². The van der Waals surface area contributed by atoms with Gasteiger partial charge in [0.05, 0.1) is 11.6 Å². The Hall–Kier alpha value is -1.72. The van der Waals surface area contributed by atoms with Crippen LogP contribution in [-0.2, 0) is 4.74 Å². The number of hydrogen-bond donors (Lipinski definition) is 0. The van der Waals surface area contributed by atoms with Crippen LogP contribution in [0.1, 0.15) is 19.4 Å². The van der Waals surface area contributed by atoms with E-state index in [2.05, 4.69) is 9.73 Å². The SMILES string of the molecule is CC(C)[C@@H]1COC(c2ccccc2OC(F)(F)F)=N1. The Morgan fingerprint density at radius 3 is 2.58 bits per heavy atom. The first-order valence-corrected chi connectivity index (χ1v) is 5.92. The normalized spacial score (nSPS) is 19.3. The number of alkyl halides is 3. The number of para-hydroxylation sites is 1. The Bertz CT molecular complexity index is 483. The number of hydrogen-bond acceptors (Lipinski definition) is 3. The van der Waals surface area contributed by atoms with E-state index in [0.29, 0.717) is 6.61 Å². The van der Waals surface area contributed by atoms with Gasteiger partial charge in [0.1, 0.15) is 12.4 Å². The molecule has 6 heteroatoms. The topological polar surface area (TPSA) is 30.8 Å². The summed E-state index contributed by atoms with van der Waals surface area (Å²) in [6.07, 6.45) is -4.73. The van der Waals surface area contributed by atoms with Crippen LogP contribution in [0.15, 0.2) is 29.3 Å². The van der Waals surface area contributed by atoms with Crippen LogP contribution in [0.5, 0.6) is 5.75 Å². The second-order valence-corrected chi connectivity index (χ2v) is 4.60. The van der Waals surface area contributed by atoms with Crippen LogP contribution in [0.4, 0.5) is 13.2 Å². The summed E-state index contributed by atoms with van der Waals surface area (Å²) >= 11 is 0. The summed E-state index contributed by atoms with van der Waals surface area (Å²) in [4.78, 5) is 4.30. The maximum absolute atomic E-state index is 12.3. The van der Waals surface area contributed by atoms with Crippen molar-refractivity contribution >= 4 is 5.90 Å². The Labute approximate surface area is 109 Å². The highest BCUT2D eigenvalue weighted by Gasteiger charge is 2.33. The van der Waals surface area contributed by atoms with Crippen LogP contribution in [0.2, 0.25) is 0 Å². The van der Waals surface area contributed by atoms with Crippen molar-refractivity contribution in [1.29, 1.82) is 0 Å². The fourth-order valence-electron chi connectivity index (χ4n) is 1.74. The van der Waals surface area contributed by atoms with Gasteiger partial charge in [-0.15, -0.1) is 13.2 Å². The van der Waals surface area contributed by atoms with Gasteiger partial charge in [-0.25, -0.2) is 4.99 Å². The summed E-state index contributed by atoms with van der Waals surface area (Å²) in [6.45, 7) is 4.35. The van der Waals surface area contributed by atoms with Crippen molar-refractivity contribution in [2.75, 3.05) is 6.61 Å². The molecular weight excluding hydrogens is 259 g/mol. The van der Waals surface area contributed by atoms with Gasteiger partial charge in [-0.1, -0.05) is 26.0 Å². The molecule has 1 heterocycles. The Balaban J connectivity index is 2.28. The van der Waals surface area contributed by atoms with Crippen molar-refractivity contribution in [2.45, 2.75) is 26.3 Å². The molecule has 3 nitrogen and oxygen atoms in total. The second kappa shape index (κ2) is 5.11. The van der Waals surface area contributed by atoms with Crippen LogP contribution in [0, 0.1) is 5.92 Å². The Morgan fingerprint density at radius 1 is 1.32 bits per heavy atom. The van der Waals surface area contributed by atoms with Gasteiger partial charge in [-0.2, -0.15) is 0 Å². The highest BCUT2D eigenvalue weighted by molar-refractivity contribution is 5.97. The molecule has 0 aromatic heterocycles. The molecular formula is C13H14F3NO2. The van der Waals surface area contributed by atoms with Gasteiger partial charge in [0.15, 0.2) is 0 Å². The number of benzene rings is 1. The molecule has 1 atom stereocenters. The number of rotatable bonds is 3. The molecule has 1 aliphatic heterocycles. The lowest BCUT2D eigenvalue weighted by Crippen LogP contribution is -2.19. The van der Waals surface area contributed by atoms with E-state index in [4.69, 9.17) is 4.74 Å². The van der Waals surface area contributed by atoms with Crippen LogP contribution < -0.4 is 4.74 Å². The van der Waals surface area contributed by atoms with E-state index >= 15 is 0 Å². The second-order valence-electron chi connectivity index (χ2n) is 4.60. The molecule has 0 saturated carbocycles. The fraction of sp³-hybridized carbons (Fsp3) is 0.462. The first kappa shape index (κ1) is 13.7. The molecule has 0 bridgehead atoms. The predicted molar refractivity (Wildman–Crippen MR) is 64.2 cm³/mol. The van der Waals surface area contributed by atoms with Gasteiger partial charge in [-0.05, 0) is 18.1 Å². The Kier molecular flexibility index (Phi) is 3.68. The quantitative estimate of drug-likeness (QED) is 0.845. The summed E-state index contributed by atoms with van der Waals surface area (Å²) < 4.78 is 46.3. The molecule has 1 aromatic rings. The third-order valence-corrected chi connectivity index (χ3v) is 2.79. The maximum atomic E-state index is 12.3. The van der Waals surface area contributed by atoms with Crippen LogP contribution in [0.25, 0.3) is 0 Å². The lowest BCUT2D eigenvalue weighted by molar-refractivity contribution is -0.274. The lowest BCUT2D eigenvalue weighted by atomic mass is 10.1. The highest BCUT2D eigenvalue weighted by Crippen LogP contribution is 2.29. The summed E-state index contributed by atoms with van der Waals surface area (Å²) in [6, 6.07) is 5.81. The highest BCUT2D eigenvalue weighted by atomic mass is 19.4. The first-order valence-electron chi connectivity index (χ1n) is 5.92. The van der Waals surface area contributed by atoms with E-state index in [0.717, 1.165) is 0 Å². The maximum Gasteiger partial charge on any atom is 0.573 e. The molecule has 104 valence electrons. The molecule has 0 saturated heterocycles. The van der Waals surface area contributed by atoms with Crippen LogP contribution >= 0.6 is 0 Å². The summed E-state index contributed by atoms with van der Waals surface area (Å²) in [5.74, 6) is 0.185. The minimum atomic E-state index is -4.73. The zero-order valence-corrected chi connectivity index (χ0v) is 10.6. The minimum absolute atomic E-state index is 0.0334. The van der Waals surface area contributed by atoms with E-state index in [9.17, 15) is 13.2 Å². The number of ether oxygens (including phenoxy) is 2. The molecule has 19 heavy (non-hydrogen) atoms. The minimum Gasteiger partial charge on any atom is -0.475 e. The summed E-state index contributed by atoms with van der Waals surface area (Å²) in [5.41, 5.74) is 0.225. The number of nitrogens with zero attached hydrogens (tertiary/aromatic N) is 1. The zero-order valence-electron chi connectivity index (χ0n) is 10.6. The Morgan fingerprint density at radius 2 is 2.00 bits per heavy atom. The van der Waals surface area contributed by atoms with Gasteiger partial charge in [0.2, 0.25) is 5.90 Å². The zero-order chi connectivity index (χ0) is 14.0. The lowest BCUT2D eigenvalue weighted by Gasteiger charge is -2.12. The molecule has 1 aliphatic rings. The molecule has 1 aromatic carbocycles. The summed E-state index contributed by atoms with van der Waals surface area (Å²) in [7, 11) is 0. The van der Waals surface area contributed by atoms with E-state index in [1.54, 1.807) is 6.07 Å². The van der Waals surface area contributed by atoms with E-state index < -0.39 is 6.36 Å². The van der Waals surface area contributed by atoms with Gasteiger partial charge in [0, 0.05) is 0 Å². The molecule has 0 radical (unpaired) electrons. The third kappa shape index (κ3) is 3.39. The number of aliphatic imine (C=N–C) groups is 1. The monoisotopic (exact) mass is 273 g/mol. The van der Waals surface area contributed by atoms with E-state index in [-0.39, 0.29) is 29.2 Å². The molecule has 0 spiro atoms. The molecule has 0 unspecified atom stereocenters. The van der Waals surface area contributed by atoms with Crippen molar-refractivity contribution in [3.05, 3.63) is 29.8 Å². The van der Waals surface area contributed by atoms with Gasteiger partial charge in [-0.3, -0.25) is 0 Å². The molecule has 0 aliphatic carbocycles. The smallest absolute Gasteiger partial charge is 0.475 e. The molecule has 0 fully saturated rings.